The number of hydrogen-bond donors (Lipinski definition) is 1. The molecule has 0 saturated carbocycles. The van der Waals surface area contributed by atoms with Crippen molar-refractivity contribution in [3.63, 3.8) is 0 Å². The molecule has 180 valence electrons. The van der Waals surface area contributed by atoms with Gasteiger partial charge >= 0.3 is 5.97 Å². The van der Waals surface area contributed by atoms with Crippen molar-refractivity contribution in [1.29, 1.82) is 0 Å². The second-order valence-corrected chi connectivity index (χ2v) is 8.86. The summed E-state index contributed by atoms with van der Waals surface area (Å²) in [5.41, 5.74) is 0.662. The number of anilines is 1. The Labute approximate surface area is 194 Å². The maximum atomic E-state index is 12.5. The Bertz CT molecular complexity index is 977. The maximum Gasteiger partial charge on any atom is 0.306 e. The molecule has 0 bridgehead atoms. The first-order chi connectivity index (χ1) is 15.8. The highest BCUT2D eigenvalue weighted by atomic mass is 16.5. The van der Waals surface area contributed by atoms with Gasteiger partial charge in [0.2, 0.25) is 11.2 Å². The van der Waals surface area contributed by atoms with E-state index >= 15 is 0 Å². The summed E-state index contributed by atoms with van der Waals surface area (Å²) >= 11 is 0. The average molecular weight is 459 g/mol. The zero-order chi connectivity index (χ0) is 24.0. The minimum absolute atomic E-state index is 0.0508. The van der Waals surface area contributed by atoms with Crippen LogP contribution in [0.4, 0.5) is 5.69 Å². The number of methoxy groups -OCH3 is 2. The van der Waals surface area contributed by atoms with Crippen LogP contribution < -0.4 is 15.1 Å². The van der Waals surface area contributed by atoms with Gasteiger partial charge in [0.1, 0.15) is 11.5 Å². The molecule has 8 heteroatoms. The molecule has 1 N–H and O–H groups in total. The van der Waals surface area contributed by atoms with Gasteiger partial charge in [-0.05, 0) is 36.6 Å². The average Bonchev–Trinajstić information content (AvgIpc) is 2.81. The van der Waals surface area contributed by atoms with Crippen LogP contribution in [0.15, 0.2) is 39.5 Å². The lowest BCUT2D eigenvalue weighted by molar-refractivity contribution is -0.141. The van der Waals surface area contributed by atoms with Crippen LogP contribution in [-0.4, -0.2) is 56.4 Å². The fraction of sp³-hybridized carbons (Fsp3) is 0.520. The van der Waals surface area contributed by atoms with Gasteiger partial charge in [-0.2, -0.15) is 0 Å². The minimum Gasteiger partial charge on any atom is -0.502 e. The number of rotatable bonds is 9. The van der Waals surface area contributed by atoms with Crippen LogP contribution in [0, 0.1) is 5.92 Å². The molecule has 0 radical (unpaired) electrons. The third kappa shape index (κ3) is 6.51. The number of piperazine rings is 1. The first-order valence-electron chi connectivity index (χ1n) is 11.3. The maximum absolute atomic E-state index is 12.5. The van der Waals surface area contributed by atoms with E-state index in [2.05, 4.69) is 21.9 Å². The highest BCUT2D eigenvalue weighted by Crippen LogP contribution is 2.33. The number of nitrogens with zero attached hydrogens (tertiary/aromatic N) is 2. The Kier molecular flexibility index (Phi) is 8.38. The molecule has 0 unspecified atom stereocenters. The van der Waals surface area contributed by atoms with E-state index in [4.69, 9.17) is 13.9 Å². The number of aromatic hydroxyl groups is 1. The Morgan fingerprint density at radius 3 is 2.36 bits per heavy atom. The Balaban J connectivity index is 1.70. The van der Waals surface area contributed by atoms with E-state index in [1.165, 1.54) is 13.2 Å². The predicted molar refractivity (Wildman–Crippen MR) is 126 cm³/mol. The number of carbonyl (C=O) groups is 1. The minimum atomic E-state index is -0.484. The molecule has 0 amide bonds. The first-order valence-corrected chi connectivity index (χ1v) is 11.3. The SMILES string of the molecule is COC(=O)C[C@@H](CC(C)C)c1oc(CN2CCN(c3ccc(OC)cc3)CC2)cc(=O)c1O. The molecule has 33 heavy (non-hydrogen) atoms. The molecule has 0 spiro atoms. The van der Waals surface area contributed by atoms with E-state index in [-0.39, 0.29) is 18.1 Å². The zero-order valence-corrected chi connectivity index (χ0v) is 19.9. The predicted octanol–water partition coefficient (Wildman–Crippen LogP) is 3.37. The summed E-state index contributed by atoms with van der Waals surface area (Å²) < 4.78 is 16.0. The van der Waals surface area contributed by atoms with Crippen LogP contribution >= 0.6 is 0 Å². The van der Waals surface area contributed by atoms with Crippen LogP contribution in [-0.2, 0) is 16.1 Å². The van der Waals surface area contributed by atoms with Crippen molar-refractivity contribution in [2.45, 2.75) is 39.2 Å². The third-order valence-corrected chi connectivity index (χ3v) is 5.96. The van der Waals surface area contributed by atoms with Gasteiger partial charge in [-0.1, -0.05) is 13.8 Å². The molecule has 1 aromatic carbocycles. The number of hydrogen-bond acceptors (Lipinski definition) is 8. The smallest absolute Gasteiger partial charge is 0.306 e. The van der Waals surface area contributed by atoms with E-state index in [1.54, 1.807) is 7.11 Å². The number of carbonyl (C=O) groups excluding carboxylic acids is 1. The van der Waals surface area contributed by atoms with Gasteiger partial charge in [0.15, 0.2) is 5.76 Å². The van der Waals surface area contributed by atoms with E-state index in [0.29, 0.717) is 18.7 Å². The van der Waals surface area contributed by atoms with Gasteiger partial charge < -0.3 is 23.9 Å². The van der Waals surface area contributed by atoms with Gasteiger partial charge in [-0.25, -0.2) is 0 Å². The van der Waals surface area contributed by atoms with Crippen molar-refractivity contribution in [2.24, 2.45) is 5.92 Å². The highest BCUT2D eigenvalue weighted by Gasteiger charge is 2.26. The summed E-state index contributed by atoms with van der Waals surface area (Å²) in [6.07, 6.45) is 0.644. The van der Waals surface area contributed by atoms with Crippen molar-refractivity contribution in [2.75, 3.05) is 45.3 Å². The van der Waals surface area contributed by atoms with E-state index in [1.807, 2.05) is 26.0 Å². The van der Waals surface area contributed by atoms with Crippen molar-refractivity contribution in [1.82, 2.24) is 4.90 Å². The summed E-state index contributed by atoms with van der Waals surface area (Å²) in [5, 5.41) is 10.4. The van der Waals surface area contributed by atoms with Crippen LogP contribution in [0.3, 0.4) is 0 Å². The first kappa shape index (κ1) is 24.6. The molecular weight excluding hydrogens is 424 g/mol. The lowest BCUT2D eigenvalue weighted by atomic mass is 9.91. The Hall–Kier alpha value is -3.00. The van der Waals surface area contributed by atoms with Crippen molar-refractivity contribution in [3.05, 3.63) is 52.1 Å². The van der Waals surface area contributed by atoms with Gasteiger partial charge in [-0.3, -0.25) is 14.5 Å². The molecule has 8 nitrogen and oxygen atoms in total. The van der Waals surface area contributed by atoms with E-state index in [0.717, 1.165) is 37.6 Å². The van der Waals surface area contributed by atoms with E-state index < -0.39 is 23.1 Å². The Morgan fingerprint density at radius 2 is 1.79 bits per heavy atom. The summed E-state index contributed by atoms with van der Waals surface area (Å²) in [5.74, 6) is 0.507. The molecule has 2 heterocycles. The third-order valence-electron chi connectivity index (χ3n) is 5.96. The molecule has 1 aromatic heterocycles. The van der Waals surface area contributed by atoms with E-state index in [9.17, 15) is 14.7 Å². The molecule has 1 atom stereocenters. The van der Waals surface area contributed by atoms with Crippen molar-refractivity contribution >= 4 is 11.7 Å². The second-order valence-electron chi connectivity index (χ2n) is 8.86. The van der Waals surface area contributed by atoms with Crippen molar-refractivity contribution in [3.8, 4) is 11.5 Å². The molecule has 1 aliphatic heterocycles. The number of benzene rings is 1. The quantitative estimate of drug-likeness (QED) is 0.572. The fourth-order valence-corrected chi connectivity index (χ4v) is 4.22. The summed E-state index contributed by atoms with van der Waals surface area (Å²) in [7, 11) is 2.98. The van der Waals surface area contributed by atoms with Gasteiger partial charge in [-0.15, -0.1) is 0 Å². The molecule has 1 fully saturated rings. The van der Waals surface area contributed by atoms with Gasteiger partial charge in [0.05, 0.1) is 27.2 Å². The summed E-state index contributed by atoms with van der Waals surface area (Å²) in [4.78, 5) is 28.9. The largest absolute Gasteiger partial charge is 0.502 e. The summed E-state index contributed by atoms with van der Waals surface area (Å²) in [6.45, 7) is 7.81. The lowest BCUT2D eigenvalue weighted by Crippen LogP contribution is -2.46. The number of esters is 1. The van der Waals surface area contributed by atoms with Gasteiger partial charge in [0, 0.05) is 43.9 Å². The highest BCUT2D eigenvalue weighted by molar-refractivity contribution is 5.70. The summed E-state index contributed by atoms with van der Waals surface area (Å²) in [6, 6.07) is 9.36. The molecule has 1 saturated heterocycles. The zero-order valence-electron chi connectivity index (χ0n) is 19.9. The van der Waals surface area contributed by atoms with Crippen LogP contribution in [0.25, 0.3) is 0 Å². The molecule has 1 aliphatic rings. The fourth-order valence-electron chi connectivity index (χ4n) is 4.22. The molecular formula is C25H34N2O6. The van der Waals surface area contributed by atoms with Crippen LogP contribution in [0.5, 0.6) is 11.5 Å². The molecule has 2 aromatic rings. The molecule has 0 aliphatic carbocycles. The standard InChI is InChI=1S/C25H34N2O6/c1-17(2)13-18(14-23(29)32-4)25-24(30)22(28)15-21(33-25)16-26-9-11-27(12-10-26)19-5-7-20(31-3)8-6-19/h5-8,15,17-18,30H,9-14,16H2,1-4H3/t18-/m1/s1. The second kappa shape index (κ2) is 11.2. The topological polar surface area (TPSA) is 92.5 Å². The molecule has 3 rings (SSSR count). The van der Waals surface area contributed by atoms with Crippen LogP contribution in [0.1, 0.15) is 44.1 Å². The van der Waals surface area contributed by atoms with Crippen LogP contribution in [0.2, 0.25) is 0 Å². The van der Waals surface area contributed by atoms with Crippen molar-refractivity contribution < 1.29 is 23.8 Å². The van der Waals surface area contributed by atoms with Gasteiger partial charge in [0.25, 0.3) is 0 Å². The Morgan fingerprint density at radius 1 is 1.12 bits per heavy atom. The number of ether oxygens (including phenoxy) is 2. The monoisotopic (exact) mass is 458 g/mol. The normalized spacial score (nSPS) is 15.5. The lowest BCUT2D eigenvalue weighted by Gasteiger charge is -2.36.